The zero-order chi connectivity index (χ0) is 12.7. The van der Waals surface area contributed by atoms with Crippen molar-refractivity contribution in [1.29, 1.82) is 5.26 Å². The Morgan fingerprint density at radius 1 is 1.41 bits per heavy atom. The van der Waals surface area contributed by atoms with Crippen LogP contribution in [0.4, 0.5) is 10.5 Å². The molecule has 2 amide bonds. The van der Waals surface area contributed by atoms with E-state index < -0.39 is 0 Å². The molecule has 1 N–H and O–H groups in total. The van der Waals surface area contributed by atoms with Crippen LogP contribution in [-0.4, -0.2) is 18.6 Å². The number of para-hydroxylation sites is 1. The van der Waals surface area contributed by atoms with Gasteiger partial charge >= 0.3 is 6.03 Å². The van der Waals surface area contributed by atoms with Gasteiger partial charge in [0.25, 0.3) is 0 Å². The van der Waals surface area contributed by atoms with Crippen LogP contribution in [-0.2, 0) is 0 Å². The fourth-order valence-corrected chi connectivity index (χ4v) is 1.44. The van der Waals surface area contributed by atoms with Gasteiger partial charge in [-0.2, -0.15) is 5.26 Å². The first kappa shape index (κ1) is 13.0. The number of anilines is 1. The quantitative estimate of drug-likeness (QED) is 0.865. The van der Waals surface area contributed by atoms with Gasteiger partial charge in [0, 0.05) is 18.3 Å². The summed E-state index contributed by atoms with van der Waals surface area (Å²) in [5.74, 6) is 0. The summed E-state index contributed by atoms with van der Waals surface area (Å²) in [7, 11) is 0. The van der Waals surface area contributed by atoms with Crippen LogP contribution in [0, 0.1) is 11.3 Å². The summed E-state index contributed by atoms with van der Waals surface area (Å²) in [6, 6.07) is 11.3. The van der Waals surface area contributed by atoms with E-state index in [-0.39, 0.29) is 12.1 Å². The summed E-state index contributed by atoms with van der Waals surface area (Å²) in [4.78, 5) is 13.6. The summed E-state index contributed by atoms with van der Waals surface area (Å²) in [6.45, 7) is 4.22. The first-order valence-electron chi connectivity index (χ1n) is 5.65. The molecule has 0 bridgehead atoms. The Labute approximate surface area is 102 Å². The highest BCUT2D eigenvalue weighted by molar-refractivity contribution is 5.92. The summed E-state index contributed by atoms with van der Waals surface area (Å²) in [5, 5.41) is 11.4. The zero-order valence-electron chi connectivity index (χ0n) is 10.2. The third kappa shape index (κ3) is 4.15. The van der Waals surface area contributed by atoms with Gasteiger partial charge in [-0.1, -0.05) is 18.2 Å². The SMILES string of the molecule is CC(C)NC(=O)N(CCC#N)c1ccccc1. The minimum absolute atomic E-state index is 0.0794. The highest BCUT2D eigenvalue weighted by Crippen LogP contribution is 2.13. The molecule has 1 aromatic rings. The minimum atomic E-state index is -0.165. The number of hydrogen-bond acceptors (Lipinski definition) is 2. The summed E-state index contributed by atoms with van der Waals surface area (Å²) in [5.41, 5.74) is 0.806. The first-order chi connectivity index (χ1) is 8.15. The predicted octanol–water partition coefficient (Wildman–Crippen LogP) is 2.52. The van der Waals surface area contributed by atoms with Crippen LogP contribution in [0.3, 0.4) is 0 Å². The second kappa shape index (κ2) is 6.54. The molecule has 0 atom stereocenters. The Balaban J connectivity index is 2.81. The number of benzene rings is 1. The van der Waals surface area contributed by atoms with E-state index in [1.807, 2.05) is 44.2 Å². The summed E-state index contributed by atoms with van der Waals surface area (Å²) in [6.07, 6.45) is 0.320. The molecule has 0 aliphatic carbocycles. The van der Waals surface area contributed by atoms with Crippen molar-refractivity contribution in [3.05, 3.63) is 30.3 Å². The average Bonchev–Trinajstić information content (AvgIpc) is 2.30. The van der Waals surface area contributed by atoms with E-state index in [9.17, 15) is 4.79 Å². The number of amides is 2. The van der Waals surface area contributed by atoms with Crippen molar-refractivity contribution in [3.63, 3.8) is 0 Å². The molecule has 0 fully saturated rings. The maximum atomic E-state index is 12.0. The van der Waals surface area contributed by atoms with E-state index in [2.05, 4.69) is 11.4 Å². The molecule has 0 saturated carbocycles. The highest BCUT2D eigenvalue weighted by atomic mass is 16.2. The fourth-order valence-electron chi connectivity index (χ4n) is 1.44. The Morgan fingerprint density at radius 2 is 2.06 bits per heavy atom. The third-order valence-electron chi connectivity index (χ3n) is 2.17. The molecule has 0 aromatic heterocycles. The first-order valence-corrected chi connectivity index (χ1v) is 5.65. The molecule has 0 heterocycles. The number of urea groups is 1. The van der Waals surface area contributed by atoms with Gasteiger partial charge in [-0.05, 0) is 26.0 Å². The van der Waals surface area contributed by atoms with Gasteiger partial charge in [0.2, 0.25) is 0 Å². The van der Waals surface area contributed by atoms with Crippen LogP contribution in [0.2, 0.25) is 0 Å². The monoisotopic (exact) mass is 231 g/mol. The number of rotatable bonds is 4. The smallest absolute Gasteiger partial charge is 0.322 e. The Kier molecular flexibility index (Phi) is 5.02. The Hall–Kier alpha value is -2.02. The Bertz CT molecular complexity index is 395. The number of nitrogens with zero attached hydrogens (tertiary/aromatic N) is 2. The van der Waals surface area contributed by atoms with E-state index in [0.717, 1.165) is 5.69 Å². The van der Waals surface area contributed by atoms with Gasteiger partial charge in [-0.15, -0.1) is 0 Å². The molecule has 1 aromatic carbocycles. The molecule has 1 rings (SSSR count). The average molecular weight is 231 g/mol. The van der Waals surface area contributed by atoms with Gasteiger partial charge in [-0.25, -0.2) is 4.79 Å². The molecule has 4 nitrogen and oxygen atoms in total. The summed E-state index contributed by atoms with van der Waals surface area (Å²) < 4.78 is 0. The van der Waals surface area contributed by atoms with Crippen molar-refractivity contribution in [2.45, 2.75) is 26.3 Å². The van der Waals surface area contributed by atoms with Gasteiger partial charge < -0.3 is 5.32 Å². The van der Waals surface area contributed by atoms with Crippen molar-refractivity contribution in [2.24, 2.45) is 0 Å². The molecule has 4 heteroatoms. The standard InChI is InChI=1S/C13H17N3O/c1-11(2)15-13(17)16(10-6-9-14)12-7-4-3-5-8-12/h3-5,7-8,11H,6,10H2,1-2H3,(H,15,17). The molecule has 0 aliphatic rings. The van der Waals surface area contributed by atoms with Crippen LogP contribution in [0.1, 0.15) is 20.3 Å². The molecular weight excluding hydrogens is 214 g/mol. The van der Waals surface area contributed by atoms with E-state index in [1.54, 1.807) is 4.90 Å². The second-order valence-electron chi connectivity index (χ2n) is 4.00. The number of nitriles is 1. The van der Waals surface area contributed by atoms with Crippen molar-refractivity contribution in [1.82, 2.24) is 5.32 Å². The van der Waals surface area contributed by atoms with Gasteiger partial charge in [0.15, 0.2) is 0 Å². The number of hydrogen-bond donors (Lipinski definition) is 1. The fraction of sp³-hybridized carbons (Fsp3) is 0.385. The Morgan fingerprint density at radius 3 is 2.59 bits per heavy atom. The topological polar surface area (TPSA) is 56.1 Å². The molecule has 0 aliphatic heterocycles. The van der Waals surface area contributed by atoms with Gasteiger partial charge in [0.1, 0.15) is 0 Å². The maximum Gasteiger partial charge on any atom is 0.322 e. The maximum absolute atomic E-state index is 12.0. The van der Waals surface area contributed by atoms with E-state index in [1.165, 1.54) is 0 Å². The zero-order valence-corrected chi connectivity index (χ0v) is 10.2. The lowest BCUT2D eigenvalue weighted by molar-refractivity contribution is 0.244. The van der Waals surface area contributed by atoms with Crippen LogP contribution in [0.25, 0.3) is 0 Å². The van der Waals surface area contributed by atoms with Gasteiger partial charge in [-0.3, -0.25) is 4.90 Å². The van der Waals surface area contributed by atoms with Gasteiger partial charge in [0.05, 0.1) is 12.5 Å². The molecule has 0 radical (unpaired) electrons. The van der Waals surface area contributed by atoms with Crippen molar-refractivity contribution in [2.75, 3.05) is 11.4 Å². The molecule has 17 heavy (non-hydrogen) atoms. The lowest BCUT2D eigenvalue weighted by atomic mass is 10.3. The molecule has 0 saturated heterocycles. The van der Waals surface area contributed by atoms with Crippen molar-refractivity contribution < 1.29 is 4.79 Å². The number of carbonyl (C=O) groups excluding carboxylic acids is 1. The molecular formula is C13H17N3O. The van der Waals surface area contributed by atoms with Crippen LogP contribution < -0.4 is 10.2 Å². The van der Waals surface area contributed by atoms with Crippen LogP contribution >= 0.6 is 0 Å². The van der Waals surface area contributed by atoms with Crippen molar-refractivity contribution in [3.8, 4) is 6.07 Å². The molecule has 0 spiro atoms. The van der Waals surface area contributed by atoms with E-state index in [4.69, 9.17) is 5.26 Å². The molecule has 0 unspecified atom stereocenters. The lowest BCUT2D eigenvalue weighted by Gasteiger charge is -2.23. The van der Waals surface area contributed by atoms with Crippen molar-refractivity contribution >= 4 is 11.7 Å². The predicted molar refractivity (Wildman–Crippen MR) is 67.7 cm³/mol. The summed E-state index contributed by atoms with van der Waals surface area (Å²) >= 11 is 0. The third-order valence-corrected chi connectivity index (χ3v) is 2.17. The van der Waals surface area contributed by atoms with Crippen LogP contribution in [0.15, 0.2) is 30.3 Å². The largest absolute Gasteiger partial charge is 0.336 e. The second-order valence-corrected chi connectivity index (χ2v) is 4.00. The highest BCUT2D eigenvalue weighted by Gasteiger charge is 2.15. The minimum Gasteiger partial charge on any atom is -0.336 e. The van der Waals surface area contributed by atoms with E-state index >= 15 is 0 Å². The van der Waals surface area contributed by atoms with Crippen LogP contribution in [0.5, 0.6) is 0 Å². The number of nitrogens with one attached hydrogen (secondary N) is 1. The molecule has 90 valence electrons. The van der Waals surface area contributed by atoms with E-state index in [0.29, 0.717) is 13.0 Å². The number of carbonyl (C=O) groups is 1. The lowest BCUT2D eigenvalue weighted by Crippen LogP contribution is -2.43. The normalized spacial score (nSPS) is 9.76.